The smallest absolute Gasteiger partial charge is 0.322 e. The number of carbonyl (C=O) groups excluding carboxylic acids is 1. The lowest BCUT2D eigenvalue weighted by Crippen LogP contribution is -2.45. The third-order valence-corrected chi connectivity index (χ3v) is 4.08. The zero-order valence-electron chi connectivity index (χ0n) is 12.9. The van der Waals surface area contributed by atoms with Crippen LogP contribution in [0.4, 0.5) is 0 Å². The van der Waals surface area contributed by atoms with E-state index in [1.807, 2.05) is 0 Å². The van der Waals surface area contributed by atoms with Crippen LogP contribution < -0.4 is 5.32 Å². The fraction of sp³-hybridized carbons (Fsp3) is 0.933. The highest BCUT2D eigenvalue weighted by Crippen LogP contribution is 2.21. The second-order valence-corrected chi connectivity index (χ2v) is 5.85. The number of nitrogens with zero attached hydrogens (tertiary/aromatic N) is 1. The summed E-state index contributed by atoms with van der Waals surface area (Å²) in [6, 6.07) is 0.482. The summed E-state index contributed by atoms with van der Waals surface area (Å²) in [6.45, 7) is 9.71. The number of rotatable bonds is 7. The molecule has 3 atom stereocenters. The van der Waals surface area contributed by atoms with Crippen LogP contribution in [0, 0.1) is 5.92 Å². The average Bonchev–Trinajstić information content (AvgIpc) is 2.41. The molecule has 0 radical (unpaired) electrons. The summed E-state index contributed by atoms with van der Waals surface area (Å²) in [6.07, 6.45) is 4.47. The van der Waals surface area contributed by atoms with Crippen LogP contribution in [0.2, 0.25) is 0 Å². The van der Waals surface area contributed by atoms with E-state index in [0.717, 1.165) is 38.4 Å². The summed E-state index contributed by atoms with van der Waals surface area (Å²) < 4.78 is 4.88. The molecule has 3 unspecified atom stereocenters. The highest BCUT2D eigenvalue weighted by Gasteiger charge is 2.25. The van der Waals surface area contributed by atoms with E-state index in [1.165, 1.54) is 20.0 Å². The molecule has 19 heavy (non-hydrogen) atoms. The van der Waals surface area contributed by atoms with E-state index in [9.17, 15) is 4.79 Å². The highest BCUT2D eigenvalue weighted by molar-refractivity contribution is 5.75. The summed E-state index contributed by atoms with van der Waals surface area (Å²) in [5.41, 5.74) is 0. The van der Waals surface area contributed by atoms with E-state index in [4.69, 9.17) is 4.74 Å². The van der Waals surface area contributed by atoms with E-state index < -0.39 is 0 Å². The van der Waals surface area contributed by atoms with Gasteiger partial charge in [0, 0.05) is 19.1 Å². The summed E-state index contributed by atoms with van der Waals surface area (Å²) in [5.74, 6) is 0.641. The third-order valence-electron chi connectivity index (χ3n) is 4.08. The molecule has 0 bridgehead atoms. The highest BCUT2D eigenvalue weighted by atomic mass is 16.5. The lowest BCUT2D eigenvalue weighted by Gasteiger charge is -2.37. The van der Waals surface area contributed by atoms with Crippen molar-refractivity contribution in [2.45, 2.75) is 58.5 Å². The molecule has 1 rings (SSSR count). The molecule has 1 N–H and O–H groups in total. The monoisotopic (exact) mass is 270 g/mol. The average molecular weight is 270 g/mol. The first-order valence-corrected chi connectivity index (χ1v) is 7.63. The van der Waals surface area contributed by atoms with Gasteiger partial charge < -0.3 is 15.0 Å². The van der Waals surface area contributed by atoms with Gasteiger partial charge in [-0.05, 0) is 45.1 Å². The number of nitrogens with one attached hydrogen (secondary N) is 1. The Hall–Kier alpha value is -0.610. The predicted molar refractivity (Wildman–Crippen MR) is 78.1 cm³/mol. The SMILES string of the molecule is CCCNC(CCN1CC(C)CCC1C)C(=O)OC. The van der Waals surface area contributed by atoms with Crippen molar-refractivity contribution in [3.05, 3.63) is 0 Å². The van der Waals surface area contributed by atoms with Crippen LogP contribution in [0.5, 0.6) is 0 Å². The zero-order valence-corrected chi connectivity index (χ0v) is 12.9. The summed E-state index contributed by atoms with van der Waals surface area (Å²) >= 11 is 0. The van der Waals surface area contributed by atoms with Crippen LogP contribution in [-0.4, -0.2) is 49.7 Å². The van der Waals surface area contributed by atoms with E-state index in [1.54, 1.807) is 0 Å². The first-order chi connectivity index (χ1) is 9.08. The van der Waals surface area contributed by atoms with Gasteiger partial charge in [0.2, 0.25) is 0 Å². The molecule has 0 aromatic heterocycles. The van der Waals surface area contributed by atoms with Crippen LogP contribution in [0.25, 0.3) is 0 Å². The first-order valence-electron chi connectivity index (χ1n) is 7.63. The molecule has 112 valence electrons. The van der Waals surface area contributed by atoms with E-state index in [0.29, 0.717) is 6.04 Å². The maximum atomic E-state index is 11.7. The Balaban J connectivity index is 2.43. The molecular weight excluding hydrogens is 240 g/mol. The number of hydrogen-bond acceptors (Lipinski definition) is 4. The van der Waals surface area contributed by atoms with Gasteiger partial charge in [0.25, 0.3) is 0 Å². The van der Waals surface area contributed by atoms with Gasteiger partial charge in [0.05, 0.1) is 7.11 Å². The number of carbonyl (C=O) groups is 1. The topological polar surface area (TPSA) is 41.6 Å². The number of methoxy groups -OCH3 is 1. The first kappa shape index (κ1) is 16.4. The molecule has 0 spiro atoms. The zero-order chi connectivity index (χ0) is 14.3. The van der Waals surface area contributed by atoms with E-state index in [-0.39, 0.29) is 12.0 Å². The van der Waals surface area contributed by atoms with Gasteiger partial charge in [-0.15, -0.1) is 0 Å². The van der Waals surface area contributed by atoms with Crippen molar-refractivity contribution in [1.82, 2.24) is 10.2 Å². The standard InChI is InChI=1S/C15H30N2O2/c1-5-9-16-14(15(18)19-4)8-10-17-11-12(2)6-7-13(17)3/h12-14,16H,5-11H2,1-4H3. The summed E-state index contributed by atoms with van der Waals surface area (Å²) in [7, 11) is 1.47. The Labute approximate surface area is 117 Å². The normalized spacial score (nSPS) is 26.1. The van der Waals surface area contributed by atoms with Crippen molar-refractivity contribution >= 4 is 5.97 Å². The number of esters is 1. The molecule has 0 aromatic carbocycles. The molecular formula is C15H30N2O2. The maximum Gasteiger partial charge on any atom is 0.322 e. The Morgan fingerprint density at radius 3 is 2.79 bits per heavy atom. The van der Waals surface area contributed by atoms with Crippen molar-refractivity contribution in [2.75, 3.05) is 26.7 Å². The van der Waals surface area contributed by atoms with Gasteiger partial charge >= 0.3 is 5.97 Å². The van der Waals surface area contributed by atoms with Crippen LogP contribution in [0.15, 0.2) is 0 Å². The van der Waals surface area contributed by atoms with Crippen LogP contribution >= 0.6 is 0 Å². The maximum absolute atomic E-state index is 11.7. The van der Waals surface area contributed by atoms with Gasteiger partial charge in [-0.3, -0.25) is 4.79 Å². The fourth-order valence-corrected chi connectivity index (χ4v) is 2.75. The minimum absolute atomic E-state index is 0.133. The lowest BCUT2D eigenvalue weighted by atomic mass is 9.94. The van der Waals surface area contributed by atoms with Crippen molar-refractivity contribution in [1.29, 1.82) is 0 Å². The molecule has 0 saturated carbocycles. The molecule has 0 aromatic rings. The molecule has 0 amide bonds. The molecule has 1 aliphatic rings. The molecule has 1 saturated heterocycles. The molecule has 1 aliphatic heterocycles. The minimum Gasteiger partial charge on any atom is -0.468 e. The van der Waals surface area contributed by atoms with Crippen LogP contribution in [0.1, 0.15) is 46.5 Å². The van der Waals surface area contributed by atoms with Crippen molar-refractivity contribution in [3.63, 3.8) is 0 Å². The van der Waals surface area contributed by atoms with Crippen LogP contribution in [-0.2, 0) is 9.53 Å². The quantitative estimate of drug-likeness (QED) is 0.719. The van der Waals surface area contributed by atoms with E-state index >= 15 is 0 Å². The van der Waals surface area contributed by atoms with Crippen molar-refractivity contribution in [3.8, 4) is 0 Å². The second kappa shape index (κ2) is 8.54. The van der Waals surface area contributed by atoms with Gasteiger partial charge in [-0.2, -0.15) is 0 Å². The molecule has 4 nitrogen and oxygen atoms in total. The number of ether oxygens (including phenoxy) is 1. The molecule has 1 heterocycles. The fourth-order valence-electron chi connectivity index (χ4n) is 2.75. The largest absolute Gasteiger partial charge is 0.468 e. The van der Waals surface area contributed by atoms with Gasteiger partial charge in [-0.1, -0.05) is 13.8 Å². The Morgan fingerprint density at radius 2 is 2.16 bits per heavy atom. The second-order valence-electron chi connectivity index (χ2n) is 5.85. The number of hydrogen-bond donors (Lipinski definition) is 1. The number of piperidine rings is 1. The Morgan fingerprint density at radius 1 is 1.42 bits per heavy atom. The van der Waals surface area contributed by atoms with Crippen LogP contribution in [0.3, 0.4) is 0 Å². The molecule has 1 fully saturated rings. The molecule has 4 heteroatoms. The Bertz CT molecular complexity index is 271. The Kier molecular flexibility index (Phi) is 7.39. The third kappa shape index (κ3) is 5.49. The van der Waals surface area contributed by atoms with Crippen molar-refractivity contribution < 1.29 is 9.53 Å². The van der Waals surface area contributed by atoms with Gasteiger partial charge in [0.15, 0.2) is 0 Å². The molecule has 0 aliphatic carbocycles. The lowest BCUT2D eigenvalue weighted by molar-refractivity contribution is -0.143. The minimum atomic E-state index is -0.158. The summed E-state index contributed by atoms with van der Waals surface area (Å²) in [5, 5.41) is 3.28. The van der Waals surface area contributed by atoms with Crippen molar-refractivity contribution in [2.24, 2.45) is 5.92 Å². The summed E-state index contributed by atoms with van der Waals surface area (Å²) in [4.78, 5) is 14.2. The van der Waals surface area contributed by atoms with Gasteiger partial charge in [0.1, 0.15) is 6.04 Å². The predicted octanol–water partition coefficient (Wildman–Crippen LogP) is 2.04. The number of likely N-dealkylation sites (tertiary alicyclic amines) is 1. The van der Waals surface area contributed by atoms with Gasteiger partial charge in [-0.25, -0.2) is 0 Å². The van der Waals surface area contributed by atoms with E-state index in [2.05, 4.69) is 31.0 Å².